The third kappa shape index (κ3) is 9.72. The molecule has 0 fully saturated rings. The summed E-state index contributed by atoms with van der Waals surface area (Å²) in [4.78, 5) is 30.5. The number of benzene rings is 4. The summed E-state index contributed by atoms with van der Waals surface area (Å²) in [5.41, 5.74) is 0.371. The van der Waals surface area contributed by atoms with Crippen molar-refractivity contribution in [2.75, 3.05) is 74.8 Å². The summed E-state index contributed by atoms with van der Waals surface area (Å²) in [7, 11) is 8.72. The third-order valence-corrected chi connectivity index (χ3v) is 9.79. The highest BCUT2D eigenvalue weighted by molar-refractivity contribution is 6.16. The van der Waals surface area contributed by atoms with Gasteiger partial charge in [0.05, 0.1) is 51.6 Å². The molecule has 0 saturated heterocycles. The summed E-state index contributed by atoms with van der Waals surface area (Å²) in [6, 6.07) is 24.0. The minimum atomic E-state index is -0.953. The molecule has 0 saturated carbocycles. The number of methoxy groups -OCH3 is 3. The summed E-state index contributed by atoms with van der Waals surface area (Å²) in [5.74, 6) is 0.656. The fraction of sp³-hybridized carbons (Fsp3) is 0.452. The van der Waals surface area contributed by atoms with Gasteiger partial charge in [-0.05, 0) is 84.6 Å². The van der Waals surface area contributed by atoms with E-state index in [4.69, 9.17) is 23.7 Å². The van der Waals surface area contributed by atoms with Crippen LogP contribution in [-0.4, -0.2) is 96.6 Å². The zero-order valence-electron chi connectivity index (χ0n) is 31.7. The normalized spacial score (nSPS) is 12.6. The van der Waals surface area contributed by atoms with E-state index in [0.717, 1.165) is 54.1 Å². The number of nitrogens with zero attached hydrogens (tertiary/aromatic N) is 3. The van der Waals surface area contributed by atoms with Crippen LogP contribution in [0.1, 0.15) is 55.5 Å². The summed E-state index contributed by atoms with van der Waals surface area (Å²) >= 11 is 0. The van der Waals surface area contributed by atoms with Gasteiger partial charge < -0.3 is 33.5 Å². The van der Waals surface area contributed by atoms with E-state index in [2.05, 4.69) is 29.0 Å². The van der Waals surface area contributed by atoms with Gasteiger partial charge in [0.1, 0.15) is 0 Å². The van der Waals surface area contributed by atoms with Gasteiger partial charge in [0.2, 0.25) is 5.75 Å². The predicted octanol–water partition coefficient (Wildman–Crippen LogP) is 7.26. The van der Waals surface area contributed by atoms with Gasteiger partial charge >= 0.3 is 11.9 Å². The molecule has 278 valence electrons. The molecule has 0 aliphatic heterocycles. The molecule has 0 heterocycles. The van der Waals surface area contributed by atoms with Crippen LogP contribution in [0.4, 0.5) is 0 Å². The molecule has 4 rings (SSSR count). The highest BCUT2D eigenvalue weighted by Gasteiger charge is 2.38. The maximum Gasteiger partial charge on any atom is 0.339 e. The van der Waals surface area contributed by atoms with Crippen molar-refractivity contribution >= 4 is 33.5 Å². The lowest BCUT2D eigenvalue weighted by Crippen LogP contribution is -2.33. The van der Waals surface area contributed by atoms with Crippen LogP contribution in [-0.2, 0) is 19.7 Å². The van der Waals surface area contributed by atoms with Gasteiger partial charge in [-0.25, -0.2) is 4.79 Å². The monoisotopic (exact) mass is 711 g/mol. The zero-order chi connectivity index (χ0) is 37.7. The molecule has 0 spiro atoms. The quantitative estimate of drug-likeness (QED) is 0.0528. The zero-order valence-corrected chi connectivity index (χ0v) is 31.7. The van der Waals surface area contributed by atoms with Crippen molar-refractivity contribution in [1.29, 1.82) is 5.26 Å². The maximum absolute atomic E-state index is 13.2. The molecule has 4 aromatic carbocycles. The molecule has 0 N–H and O–H groups in total. The molecule has 1 atom stereocenters. The molecule has 10 heteroatoms. The molecular formula is C42H53N3O7. The van der Waals surface area contributed by atoms with E-state index in [1.165, 1.54) is 21.3 Å². The van der Waals surface area contributed by atoms with E-state index in [0.29, 0.717) is 54.4 Å². The number of carbonyl (C=O) groups is 2. The van der Waals surface area contributed by atoms with E-state index in [1.54, 1.807) is 12.1 Å². The minimum absolute atomic E-state index is 0.0920. The Bertz CT molecular complexity index is 1770. The van der Waals surface area contributed by atoms with Crippen LogP contribution in [0.3, 0.4) is 0 Å². The topological polar surface area (TPSA) is 111 Å². The van der Waals surface area contributed by atoms with Crippen molar-refractivity contribution in [2.24, 2.45) is 5.92 Å². The second-order valence-corrected chi connectivity index (χ2v) is 13.5. The number of carbonyl (C=O) groups excluding carboxylic acids is 2. The van der Waals surface area contributed by atoms with Crippen molar-refractivity contribution in [2.45, 2.75) is 44.9 Å². The van der Waals surface area contributed by atoms with Crippen LogP contribution in [0, 0.1) is 17.2 Å². The predicted molar refractivity (Wildman–Crippen MR) is 204 cm³/mol. The first kappa shape index (κ1) is 39.9. The highest BCUT2D eigenvalue weighted by Crippen LogP contribution is 2.45. The SMILES string of the molecule is COc1cc(C(C#N)(CCC(=O)OCCCN(C)CCN(C)CCCOC(=O)c2c3ccccc3cc3ccccc23)C(C)C)cc(OC)c1OC. The van der Waals surface area contributed by atoms with Gasteiger partial charge in [0.15, 0.2) is 11.5 Å². The first-order chi connectivity index (χ1) is 25.1. The molecule has 52 heavy (non-hydrogen) atoms. The van der Waals surface area contributed by atoms with Gasteiger partial charge in [-0.1, -0.05) is 62.4 Å². The molecule has 0 radical (unpaired) electrons. The van der Waals surface area contributed by atoms with Gasteiger partial charge in [0, 0.05) is 32.6 Å². The Morgan fingerprint density at radius 3 is 1.75 bits per heavy atom. The Morgan fingerprint density at radius 2 is 1.27 bits per heavy atom. The molecular weight excluding hydrogens is 658 g/mol. The van der Waals surface area contributed by atoms with Crippen LogP contribution in [0.25, 0.3) is 21.5 Å². The Kier molecular flexibility index (Phi) is 14.7. The number of ether oxygens (including phenoxy) is 5. The van der Waals surface area contributed by atoms with Crippen molar-refractivity contribution < 1.29 is 33.3 Å². The van der Waals surface area contributed by atoms with Crippen LogP contribution in [0.5, 0.6) is 17.2 Å². The molecule has 0 amide bonds. The standard InChI is InChI=1S/C42H53N3O7/c1-30(2)42(29-43,33-27-36(48-5)40(50-7)37(28-33)49-6)19-18-38(46)51-24-12-20-44(3)22-23-45(4)21-13-25-52-41(47)39-34-16-10-8-14-31(34)26-32-15-9-11-17-35(32)39/h8-11,14-17,26-28,30H,12-13,18-25H2,1-7H3. The summed E-state index contributed by atoms with van der Waals surface area (Å²) in [6.45, 7) is 7.86. The first-order valence-corrected chi connectivity index (χ1v) is 17.9. The summed E-state index contributed by atoms with van der Waals surface area (Å²) in [5, 5.41) is 14.2. The van der Waals surface area contributed by atoms with E-state index in [-0.39, 0.29) is 24.3 Å². The molecule has 0 aliphatic carbocycles. The van der Waals surface area contributed by atoms with Gasteiger partial charge in [-0.2, -0.15) is 5.26 Å². The van der Waals surface area contributed by atoms with Crippen molar-refractivity contribution in [1.82, 2.24) is 9.80 Å². The van der Waals surface area contributed by atoms with E-state index in [1.807, 2.05) is 69.4 Å². The summed E-state index contributed by atoms with van der Waals surface area (Å²) < 4.78 is 27.8. The fourth-order valence-electron chi connectivity index (χ4n) is 6.62. The van der Waals surface area contributed by atoms with Crippen molar-refractivity contribution in [3.63, 3.8) is 0 Å². The number of likely N-dealkylation sites (N-methyl/N-ethyl adjacent to an activating group) is 2. The van der Waals surface area contributed by atoms with Crippen molar-refractivity contribution in [3.8, 4) is 23.3 Å². The number of hydrogen-bond acceptors (Lipinski definition) is 10. The molecule has 10 nitrogen and oxygen atoms in total. The summed E-state index contributed by atoms with van der Waals surface area (Å²) in [6.07, 6.45) is 1.83. The molecule has 0 aliphatic rings. The van der Waals surface area contributed by atoms with Crippen LogP contribution < -0.4 is 14.2 Å². The highest BCUT2D eigenvalue weighted by atomic mass is 16.5. The van der Waals surface area contributed by atoms with Crippen LogP contribution >= 0.6 is 0 Å². The van der Waals surface area contributed by atoms with E-state index < -0.39 is 5.41 Å². The average Bonchev–Trinajstić information content (AvgIpc) is 3.15. The number of esters is 2. The maximum atomic E-state index is 13.2. The number of fused-ring (bicyclic) bond motifs is 2. The number of hydrogen-bond donors (Lipinski definition) is 0. The van der Waals surface area contributed by atoms with E-state index >= 15 is 0 Å². The van der Waals surface area contributed by atoms with Gasteiger partial charge in [-0.3, -0.25) is 4.79 Å². The Balaban J connectivity index is 1.16. The Labute approximate surface area is 308 Å². The second-order valence-electron chi connectivity index (χ2n) is 13.5. The number of rotatable bonds is 20. The lowest BCUT2D eigenvalue weighted by atomic mass is 9.69. The molecule has 1 unspecified atom stereocenters. The average molecular weight is 712 g/mol. The largest absolute Gasteiger partial charge is 0.493 e. The smallest absolute Gasteiger partial charge is 0.339 e. The molecule has 4 aromatic rings. The fourth-order valence-corrected chi connectivity index (χ4v) is 6.62. The second kappa shape index (κ2) is 19.1. The van der Waals surface area contributed by atoms with E-state index in [9.17, 15) is 14.9 Å². The van der Waals surface area contributed by atoms with Crippen LogP contribution in [0.15, 0.2) is 66.7 Å². The molecule has 0 bridgehead atoms. The number of nitriles is 1. The first-order valence-electron chi connectivity index (χ1n) is 17.9. The Hall–Kier alpha value is -4.85. The van der Waals surface area contributed by atoms with Crippen molar-refractivity contribution in [3.05, 3.63) is 77.9 Å². The van der Waals surface area contributed by atoms with Crippen LogP contribution in [0.2, 0.25) is 0 Å². The minimum Gasteiger partial charge on any atom is -0.493 e. The van der Waals surface area contributed by atoms with Gasteiger partial charge in [-0.15, -0.1) is 0 Å². The third-order valence-electron chi connectivity index (χ3n) is 9.79. The Morgan fingerprint density at radius 1 is 0.750 bits per heavy atom. The van der Waals surface area contributed by atoms with Gasteiger partial charge in [0.25, 0.3) is 0 Å². The lowest BCUT2D eigenvalue weighted by molar-refractivity contribution is -0.144. The molecule has 0 aromatic heterocycles. The lowest BCUT2D eigenvalue weighted by Gasteiger charge is -2.32.